The largest absolute Gasteiger partial charge is 0.422 e. The van der Waals surface area contributed by atoms with Crippen molar-refractivity contribution in [3.8, 4) is 5.75 Å². The number of carbonyl (C=O) groups is 2. The molecule has 0 unspecified atom stereocenters. The molecule has 0 heterocycles. The van der Waals surface area contributed by atoms with Crippen molar-refractivity contribution in [3.63, 3.8) is 0 Å². The standard InChI is InChI=1S/C16H8F6O3/c1-6(17)7-3-2-4-9(8(7)5-23)25-16(24)10-11(18)13(20)15(22)14(21)12(10)19/h2-6H,1H3/t6-/m1/s1. The normalized spacial score (nSPS) is 12.0. The van der Waals surface area contributed by atoms with Crippen LogP contribution >= 0.6 is 0 Å². The number of carbonyl (C=O) groups excluding carboxylic acids is 2. The average molecular weight is 362 g/mol. The van der Waals surface area contributed by atoms with Crippen molar-refractivity contribution in [1.29, 1.82) is 0 Å². The SMILES string of the molecule is C[C@@H](F)c1cccc(OC(=O)c2c(F)c(F)c(F)c(F)c2F)c1C=O. The monoisotopic (exact) mass is 362 g/mol. The highest BCUT2D eigenvalue weighted by molar-refractivity contribution is 5.93. The van der Waals surface area contributed by atoms with E-state index in [2.05, 4.69) is 4.74 Å². The number of alkyl halides is 1. The molecule has 0 radical (unpaired) electrons. The second-order valence-corrected chi connectivity index (χ2v) is 4.83. The van der Waals surface area contributed by atoms with Gasteiger partial charge in [-0.25, -0.2) is 31.1 Å². The van der Waals surface area contributed by atoms with Gasteiger partial charge in [0.15, 0.2) is 29.6 Å². The van der Waals surface area contributed by atoms with Crippen molar-refractivity contribution in [3.05, 3.63) is 64.0 Å². The van der Waals surface area contributed by atoms with Crippen molar-refractivity contribution in [2.75, 3.05) is 0 Å². The lowest BCUT2D eigenvalue weighted by molar-refractivity contribution is 0.0719. The van der Waals surface area contributed by atoms with Crippen LogP contribution in [0.3, 0.4) is 0 Å². The Morgan fingerprint density at radius 1 is 1.00 bits per heavy atom. The number of rotatable bonds is 4. The van der Waals surface area contributed by atoms with Crippen molar-refractivity contribution in [2.24, 2.45) is 0 Å². The first-order chi connectivity index (χ1) is 11.7. The number of ether oxygens (including phenoxy) is 1. The van der Waals surface area contributed by atoms with E-state index < -0.39 is 58.1 Å². The molecule has 0 aliphatic heterocycles. The number of aldehydes is 1. The molecule has 0 saturated carbocycles. The maximum atomic E-state index is 13.6. The summed E-state index contributed by atoms with van der Waals surface area (Å²) in [6.45, 7) is 1.08. The van der Waals surface area contributed by atoms with Gasteiger partial charge in [0.1, 0.15) is 17.5 Å². The molecule has 2 aromatic rings. The summed E-state index contributed by atoms with van der Waals surface area (Å²) in [5, 5.41) is 0. The molecule has 0 spiro atoms. The molecule has 0 amide bonds. The highest BCUT2D eigenvalue weighted by Crippen LogP contribution is 2.29. The Bertz CT molecular complexity index is 834. The quantitative estimate of drug-likeness (QED) is 0.202. The number of halogens is 6. The van der Waals surface area contributed by atoms with Crippen LogP contribution in [-0.4, -0.2) is 12.3 Å². The Balaban J connectivity index is 2.53. The summed E-state index contributed by atoms with van der Waals surface area (Å²) in [4.78, 5) is 22.9. The average Bonchev–Trinajstić information content (AvgIpc) is 2.58. The highest BCUT2D eigenvalue weighted by Gasteiger charge is 2.31. The fourth-order valence-corrected chi connectivity index (χ4v) is 2.06. The predicted octanol–water partition coefficient (Wildman–Crippen LogP) is 4.44. The van der Waals surface area contributed by atoms with E-state index in [9.17, 15) is 35.9 Å². The lowest BCUT2D eigenvalue weighted by atomic mass is 10.0. The van der Waals surface area contributed by atoms with E-state index >= 15 is 0 Å². The topological polar surface area (TPSA) is 43.4 Å². The van der Waals surface area contributed by atoms with Crippen LogP contribution in [0.4, 0.5) is 26.3 Å². The zero-order valence-corrected chi connectivity index (χ0v) is 12.4. The van der Waals surface area contributed by atoms with E-state index in [1.165, 1.54) is 12.1 Å². The first-order valence-corrected chi connectivity index (χ1v) is 6.66. The summed E-state index contributed by atoms with van der Waals surface area (Å²) in [5.41, 5.74) is -2.45. The lowest BCUT2D eigenvalue weighted by Crippen LogP contribution is -2.18. The summed E-state index contributed by atoms with van der Waals surface area (Å²) in [7, 11) is 0. The summed E-state index contributed by atoms with van der Waals surface area (Å²) >= 11 is 0. The molecule has 3 nitrogen and oxygen atoms in total. The molecule has 2 aromatic carbocycles. The molecular weight excluding hydrogens is 354 g/mol. The fraction of sp³-hybridized carbons (Fsp3) is 0.125. The van der Waals surface area contributed by atoms with Crippen LogP contribution in [0, 0.1) is 29.1 Å². The number of hydrogen-bond acceptors (Lipinski definition) is 3. The van der Waals surface area contributed by atoms with Gasteiger partial charge in [-0.2, -0.15) is 0 Å². The van der Waals surface area contributed by atoms with E-state index in [0.29, 0.717) is 0 Å². The third-order valence-electron chi connectivity index (χ3n) is 3.26. The van der Waals surface area contributed by atoms with Crippen LogP contribution in [0.15, 0.2) is 18.2 Å². The Hall–Kier alpha value is -2.84. The fourth-order valence-electron chi connectivity index (χ4n) is 2.06. The van der Waals surface area contributed by atoms with Crippen molar-refractivity contribution in [1.82, 2.24) is 0 Å². The van der Waals surface area contributed by atoms with Crippen LogP contribution in [0.5, 0.6) is 5.75 Å². The minimum Gasteiger partial charge on any atom is -0.422 e. The minimum atomic E-state index is -2.44. The molecule has 0 aromatic heterocycles. The van der Waals surface area contributed by atoms with Gasteiger partial charge >= 0.3 is 5.97 Å². The Morgan fingerprint density at radius 3 is 2.00 bits per heavy atom. The van der Waals surface area contributed by atoms with Crippen LogP contribution in [0.25, 0.3) is 0 Å². The van der Waals surface area contributed by atoms with E-state index in [4.69, 9.17) is 0 Å². The molecule has 0 fully saturated rings. The van der Waals surface area contributed by atoms with Crippen LogP contribution in [-0.2, 0) is 0 Å². The van der Waals surface area contributed by atoms with E-state index in [0.717, 1.165) is 13.0 Å². The van der Waals surface area contributed by atoms with Gasteiger partial charge in [-0.15, -0.1) is 0 Å². The summed E-state index contributed by atoms with van der Waals surface area (Å²) in [6.07, 6.45) is -1.51. The van der Waals surface area contributed by atoms with Crippen LogP contribution < -0.4 is 4.74 Å². The van der Waals surface area contributed by atoms with Gasteiger partial charge in [0.25, 0.3) is 0 Å². The second kappa shape index (κ2) is 6.96. The Kier molecular flexibility index (Phi) is 5.15. The molecule has 2 rings (SSSR count). The summed E-state index contributed by atoms with van der Waals surface area (Å²) in [5.74, 6) is -14.4. The predicted molar refractivity (Wildman–Crippen MR) is 72.5 cm³/mol. The lowest BCUT2D eigenvalue weighted by Gasteiger charge is -2.12. The van der Waals surface area contributed by atoms with Crippen molar-refractivity contribution < 1.29 is 40.7 Å². The minimum absolute atomic E-state index is 0.132. The molecule has 25 heavy (non-hydrogen) atoms. The first kappa shape index (κ1) is 18.5. The molecule has 9 heteroatoms. The number of hydrogen-bond donors (Lipinski definition) is 0. The third-order valence-corrected chi connectivity index (χ3v) is 3.26. The van der Waals surface area contributed by atoms with E-state index in [1.807, 2.05) is 0 Å². The van der Waals surface area contributed by atoms with Gasteiger partial charge in [0.2, 0.25) is 5.82 Å². The molecular formula is C16H8F6O3. The van der Waals surface area contributed by atoms with Gasteiger partial charge in [-0.1, -0.05) is 12.1 Å². The zero-order chi connectivity index (χ0) is 18.9. The number of benzene rings is 2. The smallest absolute Gasteiger partial charge is 0.349 e. The van der Waals surface area contributed by atoms with Crippen LogP contribution in [0.2, 0.25) is 0 Å². The number of esters is 1. The van der Waals surface area contributed by atoms with Gasteiger partial charge in [-0.05, 0) is 18.6 Å². The van der Waals surface area contributed by atoms with Crippen molar-refractivity contribution >= 4 is 12.3 Å². The van der Waals surface area contributed by atoms with Gasteiger partial charge in [0.05, 0.1) is 5.56 Å². The van der Waals surface area contributed by atoms with Gasteiger partial charge in [-0.3, -0.25) is 4.79 Å². The molecule has 0 N–H and O–H groups in total. The molecule has 1 atom stereocenters. The maximum Gasteiger partial charge on any atom is 0.349 e. The molecule has 0 saturated heterocycles. The van der Waals surface area contributed by atoms with Gasteiger partial charge in [0, 0.05) is 0 Å². The summed E-state index contributed by atoms with van der Waals surface area (Å²) < 4.78 is 84.4. The van der Waals surface area contributed by atoms with E-state index in [-0.39, 0.29) is 11.8 Å². The van der Waals surface area contributed by atoms with Crippen molar-refractivity contribution in [2.45, 2.75) is 13.1 Å². The van der Waals surface area contributed by atoms with Crippen LogP contribution in [0.1, 0.15) is 39.4 Å². The van der Waals surface area contributed by atoms with Gasteiger partial charge < -0.3 is 4.74 Å². The molecule has 0 aliphatic carbocycles. The second-order valence-electron chi connectivity index (χ2n) is 4.83. The molecule has 0 bridgehead atoms. The Labute approximate surface area is 136 Å². The third kappa shape index (κ3) is 3.21. The van der Waals surface area contributed by atoms with E-state index in [1.54, 1.807) is 0 Å². The molecule has 0 aliphatic rings. The summed E-state index contributed by atoms with van der Waals surface area (Å²) in [6, 6.07) is 3.38. The zero-order valence-electron chi connectivity index (χ0n) is 12.4. The highest BCUT2D eigenvalue weighted by atomic mass is 19.2. The first-order valence-electron chi connectivity index (χ1n) is 6.66. The molecule has 132 valence electrons. The Morgan fingerprint density at radius 2 is 1.52 bits per heavy atom. The maximum absolute atomic E-state index is 13.6.